The van der Waals surface area contributed by atoms with Gasteiger partial charge in [0, 0.05) is 36.6 Å². The van der Waals surface area contributed by atoms with Gasteiger partial charge in [0.25, 0.3) is 0 Å². The molecule has 208 valence electrons. The maximum atomic E-state index is 13.0. The second-order valence-electron chi connectivity index (χ2n) is 9.51. The minimum atomic E-state index is -0.762. The van der Waals surface area contributed by atoms with Crippen LogP contribution in [0.2, 0.25) is 0 Å². The van der Waals surface area contributed by atoms with Crippen LogP contribution in [0.25, 0.3) is 0 Å². The lowest BCUT2D eigenvalue weighted by Gasteiger charge is -2.25. The number of carbonyl (C=O) groups excluding carboxylic acids is 3. The Morgan fingerprint density at radius 3 is 2.37 bits per heavy atom. The van der Waals surface area contributed by atoms with E-state index < -0.39 is 12.1 Å². The van der Waals surface area contributed by atoms with Gasteiger partial charge < -0.3 is 30.8 Å². The van der Waals surface area contributed by atoms with Crippen molar-refractivity contribution in [1.29, 1.82) is 0 Å². The zero-order valence-corrected chi connectivity index (χ0v) is 24.3. The van der Waals surface area contributed by atoms with E-state index in [2.05, 4.69) is 45.0 Å². The van der Waals surface area contributed by atoms with Gasteiger partial charge in [-0.2, -0.15) is 0 Å². The van der Waals surface area contributed by atoms with Crippen LogP contribution in [0.5, 0.6) is 0 Å². The molecule has 14 heteroatoms. The quantitative estimate of drug-likeness (QED) is 0.245. The van der Waals surface area contributed by atoms with E-state index >= 15 is 0 Å². The molecule has 0 aliphatic rings. The molecule has 2 aromatic rings. The molecule has 0 fully saturated rings. The molecule has 3 atom stereocenters. The van der Waals surface area contributed by atoms with Crippen LogP contribution in [0.3, 0.4) is 0 Å². The molecule has 2 rings (SSSR count). The Balaban J connectivity index is 1.78. The van der Waals surface area contributed by atoms with Crippen molar-refractivity contribution in [3.05, 3.63) is 32.7 Å². The lowest BCUT2D eigenvalue weighted by Crippen LogP contribution is -2.52. The highest BCUT2D eigenvalue weighted by molar-refractivity contribution is 7.09. The number of carbonyl (C=O) groups is 3. The third kappa shape index (κ3) is 11.4. The number of thiazole rings is 2. The maximum absolute atomic E-state index is 13.0. The molecular formula is C24H38BN7O4S2. The van der Waals surface area contributed by atoms with Gasteiger partial charge >= 0.3 is 12.1 Å². The van der Waals surface area contributed by atoms with Gasteiger partial charge in [0.2, 0.25) is 5.91 Å². The second kappa shape index (κ2) is 16.3. The summed E-state index contributed by atoms with van der Waals surface area (Å²) in [6, 6.07) is -1.45. The van der Waals surface area contributed by atoms with Crippen LogP contribution >= 0.6 is 22.7 Å². The van der Waals surface area contributed by atoms with Gasteiger partial charge in [0.05, 0.1) is 27.6 Å². The minimum absolute atomic E-state index is 0.143. The summed E-state index contributed by atoms with van der Waals surface area (Å²) in [5.41, 5.74) is 2.49. The van der Waals surface area contributed by atoms with Crippen molar-refractivity contribution in [1.82, 2.24) is 36.0 Å². The molecule has 2 heterocycles. The fraction of sp³-hybridized carbons (Fsp3) is 0.625. The largest absolute Gasteiger partial charge is 0.444 e. The van der Waals surface area contributed by atoms with E-state index in [-0.39, 0.29) is 30.6 Å². The Bertz CT molecular complexity index is 1010. The Morgan fingerprint density at radius 2 is 1.76 bits per heavy atom. The molecular weight excluding hydrogens is 525 g/mol. The summed E-state index contributed by atoms with van der Waals surface area (Å²) >= 11 is 2.99. The molecule has 2 radical (unpaired) electrons. The molecule has 4 amide bonds. The van der Waals surface area contributed by atoms with Crippen LogP contribution in [0.4, 0.5) is 9.59 Å². The summed E-state index contributed by atoms with van der Waals surface area (Å²) in [4.78, 5) is 48.6. The lowest BCUT2D eigenvalue weighted by atomic mass is 10.1. The van der Waals surface area contributed by atoms with Gasteiger partial charge in [0.15, 0.2) is 7.98 Å². The molecule has 0 saturated carbocycles. The number of hydrogen-bond donors (Lipinski definition) is 4. The van der Waals surface area contributed by atoms with E-state index in [1.54, 1.807) is 30.1 Å². The summed E-state index contributed by atoms with van der Waals surface area (Å²) < 4.78 is 5.19. The van der Waals surface area contributed by atoms with Crippen molar-refractivity contribution in [2.45, 2.75) is 84.2 Å². The molecule has 2 aromatic heterocycles. The van der Waals surface area contributed by atoms with Gasteiger partial charge in [-0.25, -0.2) is 14.6 Å². The van der Waals surface area contributed by atoms with Crippen molar-refractivity contribution < 1.29 is 19.1 Å². The number of hydrogen-bond acceptors (Lipinski definition) is 9. The Hall–Kier alpha value is -2.71. The van der Waals surface area contributed by atoms with Crippen molar-refractivity contribution in [3.8, 4) is 0 Å². The first kappa shape index (κ1) is 31.5. The first-order chi connectivity index (χ1) is 18.1. The van der Waals surface area contributed by atoms with Crippen molar-refractivity contribution in [2.75, 3.05) is 13.6 Å². The number of nitrogens with one attached hydrogen (secondary N) is 4. The SMILES string of the molecule is [B]NCCC(NC(=O)N(C)Cc1csc(C(C)C)n1)C(=O)NC(C)CCC(C)NC(=O)OCc1cncs1. The zero-order chi connectivity index (χ0) is 28.1. The van der Waals surface area contributed by atoms with Crippen LogP contribution in [-0.2, 0) is 22.7 Å². The number of ether oxygens (including phenoxy) is 1. The van der Waals surface area contributed by atoms with Crippen LogP contribution < -0.4 is 21.2 Å². The minimum Gasteiger partial charge on any atom is -0.444 e. The van der Waals surface area contributed by atoms with Gasteiger partial charge in [0.1, 0.15) is 12.6 Å². The predicted molar refractivity (Wildman–Crippen MR) is 150 cm³/mol. The number of alkyl carbamates (subject to hydrolysis) is 1. The molecule has 0 bridgehead atoms. The third-order valence-corrected chi connectivity index (χ3v) is 7.56. The highest BCUT2D eigenvalue weighted by Gasteiger charge is 2.24. The Labute approximate surface area is 234 Å². The van der Waals surface area contributed by atoms with E-state index in [0.29, 0.717) is 38.3 Å². The average Bonchev–Trinajstić information content (AvgIpc) is 3.56. The lowest BCUT2D eigenvalue weighted by molar-refractivity contribution is -0.123. The first-order valence-corrected chi connectivity index (χ1v) is 14.3. The van der Waals surface area contributed by atoms with Crippen molar-refractivity contribution in [3.63, 3.8) is 0 Å². The predicted octanol–water partition coefficient (Wildman–Crippen LogP) is 2.90. The molecule has 0 aliphatic heterocycles. The summed E-state index contributed by atoms with van der Waals surface area (Å²) in [6.45, 7) is 8.78. The molecule has 4 N–H and O–H groups in total. The highest BCUT2D eigenvalue weighted by atomic mass is 32.1. The van der Waals surface area contributed by atoms with Crippen LogP contribution in [-0.4, -0.2) is 72.6 Å². The van der Waals surface area contributed by atoms with Gasteiger partial charge in [-0.3, -0.25) is 9.78 Å². The van der Waals surface area contributed by atoms with Gasteiger partial charge in [-0.1, -0.05) is 13.8 Å². The average molecular weight is 564 g/mol. The van der Waals surface area contributed by atoms with Gasteiger partial charge in [-0.05, 0) is 39.7 Å². The first-order valence-electron chi connectivity index (χ1n) is 12.6. The summed E-state index contributed by atoms with van der Waals surface area (Å²) in [6.07, 6.45) is 2.74. The summed E-state index contributed by atoms with van der Waals surface area (Å²) in [7, 11) is 7.07. The summed E-state index contributed by atoms with van der Waals surface area (Å²) in [5.74, 6) is 0.0308. The van der Waals surface area contributed by atoms with Crippen molar-refractivity contribution in [2.24, 2.45) is 0 Å². The fourth-order valence-corrected chi connectivity index (χ4v) is 4.74. The van der Waals surface area contributed by atoms with E-state index in [4.69, 9.17) is 12.7 Å². The number of rotatable bonds is 15. The Kier molecular flexibility index (Phi) is 13.5. The van der Waals surface area contributed by atoms with E-state index in [1.165, 1.54) is 16.2 Å². The standard InChI is InChI=1S/C24H38BN7O4S2/c1-15(2)22-30-18(13-37-22)11-32(5)23(34)31-20(8-9-27-25)21(33)28-16(3)6-7-17(4)29-24(35)36-12-19-10-26-14-38-19/h10,13-17,20,27H,6-9,11-12H2,1-5H3,(H,28,33)(H,29,35)(H,31,34). The van der Waals surface area contributed by atoms with E-state index in [9.17, 15) is 14.4 Å². The molecule has 11 nitrogen and oxygen atoms in total. The third-order valence-electron chi connectivity index (χ3n) is 5.62. The molecule has 3 unspecified atom stereocenters. The molecule has 0 aromatic carbocycles. The fourth-order valence-electron chi connectivity index (χ4n) is 3.41. The highest BCUT2D eigenvalue weighted by Crippen LogP contribution is 2.19. The molecule has 0 spiro atoms. The van der Waals surface area contributed by atoms with Crippen molar-refractivity contribution >= 4 is 48.7 Å². The normalized spacial score (nSPS) is 13.4. The molecule has 38 heavy (non-hydrogen) atoms. The topological polar surface area (TPSA) is 138 Å². The monoisotopic (exact) mass is 563 g/mol. The van der Waals surface area contributed by atoms with E-state index in [1.807, 2.05) is 19.2 Å². The number of urea groups is 1. The number of amides is 4. The Morgan fingerprint density at radius 1 is 1.05 bits per heavy atom. The second-order valence-corrected chi connectivity index (χ2v) is 11.4. The van der Waals surface area contributed by atoms with Crippen LogP contribution in [0.1, 0.15) is 68.5 Å². The smallest absolute Gasteiger partial charge is 0.407 e. The maximum Gasteiger partial charge on any atom is 0.407 e. The number of aromatic nitrogens is 2. The molecule has 0 saturated heterocycles. The van der Waals surface area contributed by atoms with Crippen LogP contribution in [0.15, 0.2) is 17.1 Å². The van der Waals surface area contributed by atoms with Gasteiger partial charge in [-0.15, -0.1) is 22.7 Å². The van der Waals surface area contributed by atoms with Crippen LogP contribution in [0, 0.1) is 0 Å². The zero-order valence-electron chi connectivity index (χ0n) is 22.7. The van der Waals surface area contributed by atoms with E-state index in [0.717, 1.165) is 15.6 Å². The molecule has 0 aliphatic carbocycles. The number of nitrogens with zero attached hydrogens (tertiary/aromatic N) is 3. The summed E-state index contributed by atoms with van der Waals surface area (Å²) in [5, 5.41) is 14.0.